The number of hydrogen-bond acceptors (Lipinski definition) is 3. The van der Waals surface area contributed by atoms with Crippen LogP contribution >= 0.6 is 0 Å². The third kappa shape index (κ3) is 1.37. The zero-order valence-electron chi connectivity index (χ0n) is 11.1. The van der Waals surface area contributed by atoms with Gasteiger partial charge in [-0.3, -0.25) is 4.90 Å². The van der Waals surface area contributed by atoms with Crippen LogP contribution in [0.1, 0.15) is 42.7 Å². The Labute approximate surface area is 113 Å². The maximum Gasteiger partial charge on any atom is 0.231 e. The first-order chi connectivity index (χ1) is 9.40. The number of hydrogen-bond donors (Lipinski definition) is 0. The topological polar surface area (TPSA) is 21.7 Å². The van der Waals surface area contributed by atoms with Crippen LogP contribution in [0, 0.1) is 5.92 Å². The molecule has 0 unspecified atom stereocenters. The summed E-state index contributed by atoms with van der Waals surface area (Å²) >= 11 is 0. The Morgan fingerprint density at radius 2 is 1.95 bits per heavy atom. The van der Waals surface area contributed by atoms with E-state index in [2.05, 4.69) is 17.0 Å². The van der Waals surface area contributed by atoms with Crippen LogP contribution in [0.3, 0.4) is 0 Å². The van der Waals surface area contributed by atoms with Gasteiger partial charge in [-0.25, -0.2) is 0 Å². The molecule has 3 heterocycles. The molecule has 0 spiro atoms. The van der Waals surface area contributed by atoms with E-state index in [9.17, 15) is 0 Å². The second-order valence-corrected chi connectivity index (χ2v) is 6.45. The molecule has 3 heteroatoms. The van der Waals surface area contributed by atoms with Crippen LogP contribution in [0.5, 0.6) is 11.5 Å². The molecule has 5 rings (SSSR count). The lowest BCUT2D eigenvalue weighted by Crippen LogP contribution is -2.43. The third-order valence-corrected chi connectivity index (χ3v) is 5.60. The van der Waals surface area contributed by atoms with Crippen molar-refractivity contribution in [2.75, 3.05) is 13.3 Å². The van der Waals surface area contributed by atoms with Gasteiger partial charge in [0.05, 0.1) is 0 Å². The molecular weight excluding hydrogens is 238 g/mol. The predicted molar refractivity (Wildman–Crippen MR) is 71.5 cm³/mol. The molecule has 2 fully saturated rings. The normalized spacial score (nSPS) is 35.1. The van der Waals surface area contributed by atoms with E-state index in [1.54, 1.807) is 5.56 Å². The van der Waals surface area contributed by atoms with E-state index in [0.717, 1.165) is 35.9 Å². The van der Waals surface area contributed by atoms with Crippen LogP contribution in [-0.4, -0.2) is 24.3 Å². The molecule has 1 aromatic carbocycles. The summed E-state index contributed by atoms with van der Waals surface area (Å²) in [6.45, 7) is 2.79. The van der Waals surface area contributed by atoms with E-state index in [0.29, 0.717) is 6.79 Å². The van der Waals surface area contributed by atoms with Crippen LogP contribution < -0.4 is 9.47 Å². The minimum Gasteiger partial charge on any atom is -0.454 e. The van der Waals surface area contributed by atoms with Crippen LogP contribution in [0.15, 0.2) is 12.1 Å². The molecule has 1 aromatic rings. The average molecular weight is 257 g/mol. The Hall–Kier alpha value is -1.22. The van der Waals surface area contributed by atoms with Crippen molar-refractivity contribution in [3.05, 3.63) is 23.3 Å². The number of benzene rings is 1. The molecule has 1 saturated heterocycles. The van der Waals surface area contributed by atoms with Gasteiger partial charge in [-0.1, -0.05) is 6.42 Å². The molecule has 4 aliphatic rings. The van der Waals surface area contributed by atoms with Crippen molar-refractivity contribution < 1.29 is 9.47 Å². The van der Waals surface area contributed by atoms with Crippen molar-refractivity contribution in [3.8, 4) is 11.5 Å². The molecule has 19 heavy (non-hydrogen) atoms. The Morgan fingerprint density at radius 1 is 1.05 bits per heavy atom. The fraction of sp³-hybridized carbons (Fsp3) is 0.625. The highest BCUT2D eigenvalue weighted by Crippen LogP contribution is 2.51. The molecule has 1 aliphatic carbocycles. The number of ether oxygens (including phenoxy) is 2. The molecule has 3 nitrogen and oxygen atoms in total. The molecule has 0 N–H and O–H groups in total. The molecule has 0 amide bonds. The molecule has 0 bridgehead atoms. The van der Waals surface area contributed by atoms with Crippen molar-refractivity contribution in [1.82, 2.24) is 4.90 Å². The van der Waals surface area contributed by atoms with Gasteiger partial charge >= 0.3 is 0 Å². The third-order valence-electron chi connectivity index (χ3n) is 5.60. The second-order valence-electron chi connectivity index (χ2n) is 6.45. The summed E-state index contributed by atoms with van der Waals surface area (Å²) in [5.41, 5.74) is 3.03. The fourth-order valence-corrected chi connectivity index (χ4v) is 4.84. The van der Waals surface area contributed by atoms with E-state index in [1.807, 2.05) is 0 Å². The van der Waals surface area contributed by atoms with Gasteiger partial charge in [-0.05, 0) is 55.0 Å². The van der Waals surface area contributed by atoms with E-state index in [-0.39, 0.29) is 0 Å². The lowest BCUT2D eigenvalue weighted by molar-refractivity contribution is 0.134. The van der Waals surface area contributed by atoms with Crippen molar-refractivity contribution in [1.29, 1.82) is 0 Å². The smallest absolute Gasteiger partial charge is 0.231 e. The van der Waals surface area contributed by atoms with E-state index >= 15 is 0 Å². The standard InChI is InChI=1S/C16H19NO2/c1-2-10-4-5-17-8-11-6-14-15(19-9-18-14)7-13(11)12(3-1)16(10)17/h6-7,10,12,16H,1-5,8-9H2/t10-,12-,16+/m1/s1. The van der Waals surface area contributed by atoms with Crippen molar-refractivity contribution in [2.45, 2.75) is 44.2 Å². The second kappa shape index (κ2) is 3.66. The summed E-state index contributed by atoms with van der Waals surface area (Å²) in [6.07, 6.45) is 5.59. The molecule has 3 atom stereocenters. The van der Waals surface area contributed by atoms with Gasteiger partial charge in [-0.2, -0.15) is 0 Å². The minimum atomic E-state index is 0.388. The Morgan fingerprint density at radius 3 is 2.89 bits per heavy atom. The Balaban J connectivity index is 1.65. The zero-order valence-corrected chi connectivity index (χ0v) is 11.1. The number of fused-ring (bicyclic) bond motifs is 3. The quantitative estimate of drug-likeness (QED) is 0.713. The van der Waals surface area contributed by atoms with Crippen LogP contribution in [0.25, 0.3) is 0 Å². The first-order valence-electron chi connectivity index (χ1n) is 7.56. The zero-order chi connectivity index (χ0) is 12.4. The molecule has 3 aliphatic heterocycles. The maximum atomic E-state index is 5.58. The Bertz CT molecular complexity index is 542. The maximum absolute atomic E-state index is 5.58. The average Bonchev–Trinajstić information content (AvgIpc) is 3.05. The summed E-state index contributed by atoms with van der Waals surface area (Å²) in [6, 6.07) is 5.32. The van der Waals surface area contributed by atoms with Crippen LogP contribution in [0.4, 0.5) is 0 Å². The van der Waals surface area contributed by atoms with Crippen LogP contribution in [0.2, 0.25) is 0 Å². The largest absolute Gasteiger partial charge is 0.454 e. The van der Waals surface area contributed by atoms with Crippen molar-refractivity contribution in [3.63, 3.8) is 0 Å². The Kier molecular flexibility index (Phi) is 2.03. The fourth-order valence-electron chi connectivity index (χ4n) is 4.84. The first kappa shape index (κ1) is 10.6. The van der Waals surface area contributed by atoms with Gasteiger partial charge in [0.2, 0.25) is 6.79 Å². The SMILES string of the molecule is c1c2c(cc3c1OCO3)[C@H]1CCC[C@@H]3CCN(C2)[C@@H]31. The number of nitrogens with zero attached hydrogens (tertiary/aromatic N) is 1. The van der Waals surface area contributed by atoms with Gasteiger partial charge in [0.15, 0.2) is 11.5 Å². The number of rotatable bonds is 0. The van der Waals surface area contributed by atoms with Crippen LogP contribution in [-0.2, 0) is 6.54 Å². The van der Waals surface area contributed by atoms with E-state index in [4.69, 9.17) is 9.47 Å². The minimum absolute atomic E-state index is 0.388. The molecule has 0 radical (unpaired) electrons. The summed E-state index contributed by atoms with van der Waals surface area (Å²) < 4.78 is 11.1. The predicted octanol–water partition coefficient (Wildman–Crippen LogP) is 2.89. The van der Waals surface area contributed by atoms with E-state index < -0.39 is 0 Å². The van der Waals surface area contributed by atoms with E-state index in [1.165, 1.54) is 37.8 Å². The first-order valence-corrected chi connectivity index (χ1v) is 7.56. The molecule has 0 aromatic heterocycles. The molecular formula is C16H19NO2. The van der Waals surface area contributed by atoms with Crippen molar-refractivity contribution >= 4 is 0 Å². The summed E-state index contributed by atoms with van der Waals surface area (Å²) in [5.74, 6) is 3.59. The highest BCUT2D eigenvalue weighted by atomic mass is 16.7. The highest BCUT2D eigenvalue weighted by molar-refractivity contribution is 5.51. The highest BCUT2D eigenvalue weighted by Gasteiger charge is 2.45. The van der Waals surface area contributed by atoms with Crippen molar-refractivity contribution in [2.24, 2.45) is 5.92 Å². The molecule has 100 valence electrons. The molecule has 1 saturated carbocycles. The van der Waals surface area contributed by atoms with Gasteiger partial charge < -0.3 is 9.47 Å². The van der Waals surface area contributed by atoms with Gasteiger partial charge in [0.25, 0.3) is 0 Å². The summed E-state index contributed by atoms with van der Waals surface area (Å²) in [4.78, 5) is 2.72. The van der Waals surface area contributed by atoms with Gasteiger partial charge in [-0.15, -0.1) is 0 Å². The summed E-state index contributed by atoms with van der Waals surface area (Å²) in [7, 11) is 0. The lowest BCUT2D eigenvalue weighted by Gasteiger charge is -2.43. The summed E-state index contributed by atoms with van der Waals surface area (Å²) in [5, 5.41) is 0. The monoisotopic (exact) mass is 257 g/mol. The lowest BCUT2D eigenvalue weighted by atomic mass is 9.71. The van der Waals surface area contributed by atoms with Gasteiger partial charge in [0, 0.05) is 18.5 Å². The van der Waals surface area contributed by atoms with Gasteiger partial charge in [0.1, 0.15) is 0 Å².